The Bertz CT molecular complexity index is 409. The van der Waals surface area contributed by atoms with Crippen LogP contribution in [0.2, 0.25) is 0 Å². The Kier molecular flexibility index (Phi) is 4.47. The van der Waals surface area contributed by atoms with Crippen LogP contribution in [0.15, 0.2) is 24.3 Å². The normalized spacial score (nSPS) is 16.0. The molecule has 0 aliphatic rings. The van der Waals surface area contributed by atoms with Crippen molar-refractivity contribution < 1.29 is 23.0 Å². The fourth-order valence-electron chi connectivity index (χ4n) is 1.50. The molecule has 0 unspecified atom stereocenters. The van der Waals surface area contributed by atoms with Crippen LogP contribution in [0, 0.1) is 0 Å². The van der Waals surface area contributed by atoms with Crippen LogP contribution < -0.4 is 10.5 Å². The molecular formula is C13H18F3NO2. The van der Waals surface area contributed by atoms with E-state index in [4.69, 9.17) is 15.6 Å². The van der Waals surface area contributed by atoms with Crippen LogP contribution in [-0.2, 0) is 0 Å². The summed E-state index contributed by atoms with van der Waals surface area (Å²) in [6.45, 7) is 5.58. The molecule has 3 N–H and O–H groups in total. The van der Waals surface area contributed by atoms with Gasteiger partial charge in [-0.25, -0.2) is 0 Å². The number of aliphatic hydroxyl groups is 1. The van der Waals surface area contributed by atoms with Crippen LogP contribution in [-0.4, -0.2) is 23.0 Å². The average molecular weight is 277 g/mol. The van der Waals surface area contributed by atoms with E-state index in [1.165, 1.54) is 24.3 Å². The molecule has 0 saturated carbocycles. The molecule has 1 aromatic rings. The molecule has 0 aromatic heterocycles. The third kappa shape index (κ3) is 4.72. The van der Waals surface area contributed by atoms with E-state index in [0.717, 1.165) is 0 Å². The lowest BCUT2D eigenvalue weighted by atomic mass is 10.0. The molecule has 0 aliphatic heterocycles. The molecule has 0 amide bonds. The van der Waals surface area contributed by atoms with Crippen LogP contribution in [0.1, 0.15) is 32.4 Å². The van der Waals surface area contributed by atoms with E-state index >= 15 is 0 Å². The predicted octanol–water partition coefficient (Wildman–Crippen LogP) is 2.79. The topological polar surface area (TPSA) is 55.5 Å². The highest BCUT2D eigenvalue weighted by atomic mass is 19.4. The number of alkyl halides is 3. The Morgan fingerprint density at radius 1 is 1.11 bits per heavy atom. The molecule has 0 aliphatic carbocycles. The molecule has 0 fully saturated rings. The Morgan fingerprint density at radius 3 is 1.95 bits per heavy atom. The largest absolute Gasteiger partial charge is 0.488 e. The maximum Gasteiger partial charge on any atom is 0.416 e. The van der Waals surface area contributed by atoms with Crippen molar-refractivity contribution in [1.29, 1.82) is 0 Å². The summed E-state index contributed by atoms with van der Waals surface area (Å²) in [6.07, 6.45) is -7.32. The van der Waals surface area contributed by atoms with Gasteiger partial charge in [0.05, 0.1) is 6.04 Å². The van der Waals surface area contributed by atoms with Gasteiger partial charge in [-0.05, 0) is 38.5 Å². The molecule has 0 radical (unpaired) electrons. The lowest BCUT2D eigenvalue weighted by Gasteiger charge is -2.23. The zero-order valence-electron chi connectivity index (χ0n) is 11.0. The fraction of sp³-hybridized carbons (Fsp3) is 0.538. The van der Waals surface area contributed by atoms with Gasteiger partial charge in [0.1, 0.15) is 11.4 Å². The molecule has 6 heteroatoms. The quantitative estimate of drug-likeness (QED) is 0.893. The summed E-state index contributed by atoms with van der Waals surface area (Å²) in [5.74, 6) is 0.532. The van der Waals surface area contributed by atoms with E-state index in [-0.39, 0.29) is 5.56 Å². The number of rotatable bonds is 3. The number of ether oxygens (including phenoxy) is 1. The van der Waals surface area contributed by atoms with E-state index in [9.17, 15) is 13.2 Å². The first-order valence-electron chi connectivity index (χ1n) is 5.80. The van der Waals surface area contributed by atoms with Gasteiger partial charge in [0.2, 0.25) is 0 Å². The molecule has 0 saturated heterocycles. The van der Waals surface area contributed by atoms with Crippen LogP contribution in [0.25, 0.3) is 0 Å². The van der Waals surface area contributed by atoms with Gasteiger partial charge in [-0.15, -0.1) is 0 Å². The van der Waals surface area contributed by atoms with E-state index in [1.54, 1.807) is 0 Å². The summed E-state index contributed by atoms with van der Waals surface area (Å²) >= 11 is 0. The first kappa shape index (κ1) is 15.8. The lowest BCUT2D eigenvalue weighted by molar-refractivity contribution is -0.210. The lowest BCUT2D eigenvalue weighted by Crippen LogP contribution is -2.38. The third-order valence-corrected chi connectivity index (χ3v) is 2.36. The van der Waals surface area contributed by atoms with Crippen molar-refractivity contribution in [2.24, 2.45) is 5.73 Å². The maximum absolute atomic E-state index is 12.3. The van der Waals surface area contributed by atoms with E-state index in [2.05, 4.69) is 0 Å². The third-order valence-electron chi connectivity index (χ3n) is 2.36. The van der Waals surface area contributed by atoms with Crippen LogP contribution in [0.4, 0.5) is 13.2 Å². The highest BCUT2D eigenvalue weighted by molar-refractivity contribution is 5.30. The standard InChI is InChI=1S/C13H18F3NO2/c1-12(2,3)19-9-6-4-8(5-7-9)10(17)11(18)13(14,15)16/h4-7,10-11,18H,17H2,1-3H3/t10-,11-/m0/s1. The minimum Gasteiger partial charge on any atom is -0.488 e. The van der Waals surface area contributed by atoms with Gasteiger partial charge >= 0.3 is 6.18 Å². The minimum atomic E-state index is -4.74. The summed E-state index contributed by atoms with van der Waals surface area (Å²) in [4.78, 5) is 0. The van der Waals surface area contributed by atoms with Gasteiger partial charge in [0.15, 0.2) is 6.10 Å². The molecule has 19 heavy (non-hydrogen) atoms. The van der Waals surface area contributed by atoms with Gasteiger partial charge in [0.25, 0.3) is 0 Å². The summed E-state index contributed by atoms with van der Waals surface area (Å²) in [5.41, 5.74) is 5.20. The molecule has 0 spiro atoms. The molecule has 1 rings (SSSR count). The molecule has 108 valence electrons. The maximum atomic E-state index is 12.3. The molecule has 2 atom stereocenters. The first-order chi connectivity index (χ1) is 8.50. The number of aliphatic hydroxyl groups excluding tert-OH is 1. The Labute approximate surface area is 110 Å². The average Bonchev–Trinajstić information content (AvgIpc) is 2.24. The molecule has 0 bridgehead atoms. The van der Waals surface area contributed by atoms with Gasteiger partial charge in [-0.1, -0.05) is 12.1 Å². The first-order valence-corrected chi connectivity index (χ1v) is 5.80. The number of halogens is 3. The van der Waals surface area contributed by atoms with E-state index in [1.807, 2.05) is 20.8 Å². The summed E-state index contributed by atoms with van der Waals surface area (Å²) in [6, 6.07) is 4.39. The van der Waals surface area contributed by atoms with Crippen molar-refractivity contribution in [3.05, 3.63) is 29.8 Å². The second-order valence-corrected chi connectivity index (χ2v) is 5.30. The summed E-state index contributed by atoms with van der Waals surface area (Å²) < 4.78 is 42.5. The zero-order valence-corrected chi connectivity index (χ0v) is 11.0. The van der Waals surface area contributed by atoms with E-state index < -0.39 is 23.9 Å². The van der Waals surface area contributed by atoms with Crippen LogP contribution in [0.3, 0.4) is 0 Å². The van der Waals surface area contributed by atoms with Crippen molar-refractivity contribution in [3.8, 4) is 5.75 Å². The Morgan fingerprint density at radius 2 is 1.58 bits per heavy atom. The Balaban J connectivity index is 2.82. The van der Waals surface area contributed by atoms with Crippen LogP contribution >= 0.6 is 0 Å². The SMILES string of the molecule is CC(C)(C)Oc1ccc([C@H](N)[C@H](O)C(F)(F)F)cc1. The monoisotopic (exact) mass is 277 g/mol. The molecule has 1 aromatic carbocycles. The summed E-state index contributed by atoms with van der Waals surface area (Å²) in [5, 5.41) is 9.08. The van der Waals surface area contributed by atoms with Crippen molar-refractivity contribution in [1.82, 2.24) is 0 Å². The van der Waals surface area contributed by atoms with Crippen molar-refractivity contribution in [2.45, 2.75) is 44.7 Å². The number of hydrogen-bond acceptors (Lipinski definition) is 3. The van der Waals surface area contributed by atoms with Crippen LogP contribution in [0.5, 0.6) is 5.75 Å². The molecule has 0 heterocycles. The van der Waals surface area contributed by atoms with Gasteiger partial charge < -0.3 is 15.6 Å². The highest BCUT2D eigenvalue weighted by Gasteiger charge is 2.42. The second-order valence-electron chi connectivity index (χ2n) is 5.30. The molecular weight excluding hydrogens is 259 g/mol. The van der Waals surface area contributed by atoms with E-state index in [0.29, 0.717) is 5.75 Å². The second kappa shape index (κ2) is 5.38. The van der Waals surface area contributed by atoms with Crippen molar-refractivity contribution in [2.75, 3.05) is 0 Å². The summed E-state index contributed by atoms with van der Waals surface area (Å²) in [7, 11) is 0. The fourth-order valence-corrected chi connectivity index (χ4v) is 1.50. The smallest absolute Gasteiger partial charge is 0.416 e. The van der Waals surface area contributed by atoms with Crippen molar-refractivity contribution in [3.63, 3.8) is 0 Å². The van der Waals surface area contributed by atoms with Crippen molar-refractivity contribution >= 4 is 0 Å². The van der Waals surface area contributed by atoms with Gasteiger partial charge in [-0.3, -0.25) is 0 Å². The van der Waals surface area contributed by atoms with Gasteiger partial charge in [0, 0.05) is 0 Å². The number of hydrogen-bond donors (Lipinski definition) is 2. The number of benzene rings is 1. The predicted molar refractivity (Wildman–Crippen MR) is 65.8 cm³/mol. The molecule has 3 nitrogen and oxygen atoms in total. The number of nitrogens with two attached hydrogens (primary N) is 1. The minimum absolute atomic E-state index is 0.200. The highest BCUT2D eigenvalue weighted by Crippen LogP contribution is 2.29. The zero-order chi connectivity index (χ0) is 14.8. The van der Waals surface area contributed by atoms with Gasteiger partial charge in [-0.2, -0.15) is 13.2 Å². The Hall–Kier alpha value is -1.27.